The second kappa shape index (κ2) is 8.66. The summed E-state index contributed by atoms with van der Waals surface area (Å²) in [6, 6.07) is 16.9. The lowest BCUT2D eigenvalue weighted by atomic mass is 10.1. The number of hydrazone groups is 1. The Balaban J connectivity index is 1.52. The number of nitrogens with one attached hydrogen (secondary N) is 2. The Labute approximate surface area is 155 Å². The van der Waals surface area contributed by atoms with E-state index < -0.39 is 0 Å². The quantitative estimate of drug-likeness (QED) is 0.494. The number of methoxy groups -OCH3 is 1. The molecule has 0 radical (unpaired) electrons. The van der Waals surface area contributed by atoms with Gasteiger partial charge in [-0.2, -0.15) is 5.10 Å². The van der Waals surface area contributed by atoms with Gasteiger partial charge in [0.25, 0.3) is 5.91 Å². The molecule has 1 heterocycles. The molecule has 0 aliphatic heterocycles. The van der Waals surface area contributed by atoms with Crippen molar-refractivity contribution in [1.82, 2.24) is 5.43 Å². The highest BCUT2D eigenvalue weighted by Gasteiger charge is 2.08. The minimum Gasteiger partial charge on any atom is -0.497 e. The molecule has 0 spiro atoms. The minimum absolute atomic E-state index is 0.0448. The molecule has 0 aliphatic carbocycles. The molecule has 0 saturated heterocycles. The Morgan fingerprint density at radius 1 is 1.19 bits per heavy atom. The van der Waals surface area contributed by atoms with Crippen LogP contribution in [0.5, 0.6) is 5.75 Å². The summed E-state index contributed by atoms with van der Waals surface area (Å²) in [4.78, 5) is 11.8. The van der Waals surface area contributed by atoms with Crippen LogP contribution in [0.2, 0.25) is 0 Å². The summed E-state index contributed by atoms with van der Waals surface area (Å²) < 4.78 is 24.4. The molecule has 3 rings (SSSR count). The molecule has 1 aromatic heterocycles. The predicted molar refractivity (Wildman–Crippen MR) is 101 cm³/mol. The Morgan fingerprint density at radius 3 is 2.85 bits per heavy atom. The van der Waals surface area contributed by atoms with E-state index in [1.165, 1.54) is 12.3 Å². The van der Waals surface area contributed by atoms with E-state index in [2.05, 4.69) is 15.8 Å². The van der Waals surface area contributed by atoms with E-state index in [-0.39, 0.29) is 18.3 Å². The molecular formula is C20H18FN3O3. The average Bonchev–Trinajstić information content (AvgIpc) is 3.15. The lowest BCUT2D eigenvalue weighted by molar-refractivity contribution is -0.119. The van der Waals surface area contributed by atoms with Crippen LogP contribution in [-0.2, 0) is 4.79 Å². The number of amides is 1. The lowest BCUT2D eigenvalue weighted by Gasteiger charge is -2.06. The van der Waals surface area contributed by atoms with Crippen LogP contribution in [0.3, 0.4) is 0 Å². The molecule has 0 saturated carbocycles. The van der Waals surface area contributed by atoms with Gasteiger partial charge in [0.15, 0.2) is 0 Å². The molecule has 27 heavy (non-hydrogen) atoms. The van der Waals surface area contributed by atoms with E-state index in [4.69, 9.17) is 9.15 Å². The second-order valence-electron chi connectivity index (χ2n) is 5.56. The van der Waals surface area contributed by atoms with Gasteiger partial charge in [0.2, 0.25) is 0 Å². The molecule has 0 fully saturated rings. The molecule has 1 amide bonds. The van der Waals surface area contributed by atoms with Gasteiger partial charge in [-0.15, -0.1) is 0 Å². The van der Waals surface area contributed by atoms with Gasteiger partial charge in [-0.25, -0.2) is 9.82 Å². The van der Waals surface area contributed by atoms with Crippen molar-refractivity contribution in [2.24, 2.45) is 5.10 Å². The second-order valence-corrected chi connectivity index (χ2v) is 5.56. The fourth-order valence-electron chi connectivity index (χ4n) is 2.35. The number of hydrogen-bond acceptors (Lipinski definition) is 5. The van der Waals surface area contributed by atoms with Crippen LogP contribution in [-0.4, -0.2) is 25.8 Å². The maximum atomic E-state index is 13.7. The number of nitrogens with zero attached hydrogens (tertiary/aromatic N) is 1. The molecule has 6 nitrogen and oxygen atoms in total. The zero-order valence-electron chi connectivity index (χ0n) is 14.6. The number of halogens is 1. The maximum Gasteiger partial charge on any atom is 0.259 e. The number of hydrogen-bond donors (Lipinski definition) is 2. The number of furan rings is 1. The summed E-state index contributed by atoms with van der Waals surface area (Å²) in [7, 11) is 1.58. The van der Waals surface area contributed by atoms with Crippen LogP contribution in [0.4, 0.5) is 10.1 Å². The third-order valence-corrected chi connectivity index (χ3v) is 3.67. The Morgan fingerprint density at radius 2 is 2.04 bits per heavy atom. The zero-order valence-corrected chi connectivity index (χ0v) is 14.6. The van der Waals surface area contributed by atoms with Gasteiger partial charge < -0.3 is 14.5 Å². The molecule has 7 heteroatoms. The van der Waals surface area contributed by atoms with Crippen molar-refractivity contribution < 1.29 is 18.3 Å². The average molecular weight is 367 g/mol. The molecule has 0 bridgehead atoms. The van der Waals surface area contributed by atoms with E-state index in [1.807, 2.05) is 18.2 Å². The number of carbonyl (C=O) groups is 1. The number of rotatable bonds is 7. The summed E-state index contributed by atoms with van der Waals surface area (Å²) in [6.45, 7) is 0.0448. The van der Waals surface area contributed by atoms with Gasteiger partial charge in [-0.1, -0.05) is 18.2 Å². The molecule has 3 aromatic rings. The highest BCUT2D eigenvalue weighted by atomic mass is 19.1. The smallest absolute Gasteiger partial charge is 0.259 e. The van der Waals surface area contributed by atoms with E-state index in [0.29, 0.717) is 22.8 Å². The van der Waals surface area contributed by atoms with Crippen LogP contribution in [0.15, 0.2) is 70.2 Å². The molecule has 0 unspecified atom stereocenters. The number of ether oxygens (including phenoxy) is 1. The monoisotopic (exact) mass is 367 g/mol. The standard InChI is InChI=1S/C20H18FN3O3/c1-26-15-6-4-5-14(11-15)22-13-20(25)24-23-12-16-9-10-19(27-16)17-7-2-3-8-18(17)21/h2-12,22H,13H2,1H3,(H,24,25)/b23-12-. The normalized spacial score (nSPS) is 10.7. The predicted octanol–water partition coefficient (Wildman–Crippen LogP) is 3.66. The molecule has 2 N–H and O–H groups in total. The Bertz CT molecular complexity index is 953. The number of benzene rings is 2. The zero-order chi connectivity index (χ0) is 19.1. The SMILES string of the molecule is COc1cccc(NCC(=O)N/N=C\c2ccc(-c3ccccc3F)o2)c1. The van der Waals surface area contributed by atoms with E-state index in [9.17, 15) is 9.18 Å². The Hall–Kier alpha value is -3.61. The van der Waals surface area contributed by atoms with Crippen molar-refractivity contribution in [2.45, 2.75) is 0 Å². The molecule has 2 aromatic carbocycles. The van der Waals surface area contributed by atoms with Crippen molar-refractivity contribution >= 4 is 17.8 Å². The van der Waals surface area contributed by atoms with Gasteiger partial charge in [-0.05, 0) is 36.4 Å². The van der Waals surface area contributed by atoms with Gasteiger partial charge in [0, 0.05) is 11.8 Å². The van der Waals surface area contributed by atoms with Crippen LogP contribution in [0, 0.1) is 5.82 Å². The van der Waals surface area contributed by atoms with Crippen LogP contribution in [0.1, 0.15) is 5.76 Å². The van der Waals surface area contributed by atoms with Gasteiger partial charge in [-0.3, -0.25) is 4.79 Å². The van der Waals surface area contributed by atoms with E-state index >= 15 is 0 Å². The summed E-state index contributed by atoms with van der Waals surface area (Å²) in [5, 5.41) is 6.81. The van der Waals surface area contributed by atoms with Crippen molar-refractivity contribution in [3.8, 4) is 17.1 Å². The minimum atomic E-state index is -0.368. The van der Waals surface area contributed by atoms with Crippen molar-refractivity contribution in [3.63, 3.8) is 0 Å². The first-order valence-electron chi connectivity index (χ1n) is 8.20. The van der Waals surface area contributed by atoms with Gasteiger partial charge in [0.1, 0.15) is 23.1 Å². The number of carbonyl (C=O) groups excluding carboxylic acids is 1. The first-order valence-corrected chi connectivity index (χ1v) is 8.20. The molecule has 0 atom stereocenters. The largest absolute Gasteiger partial charge is 0.497 e. The van der Waals surface area contributed by atoms with Crippen molar-refractivity contribution in [2.75, 3.05) is 19.0 Å². The maximum absolute atomic E-state index is 13.7. The van der Waals surface area contributed by atoms with E-state index in [1.54, 1.807) is 43.5 Å². The summed E-state index contributed by atoms with van der Waals surface area (Å²) in [5.74, 6) is 0.791. The molecule has 138 valence electrons. The first-order chi connectivity index (χ1) is 13.2. The fourth-order valence-corrected chi connectivity index (χ4v) is 2.35. The van der Waals surface area contributed by atoms with Crippen molar-refractivity contribution in [3.05, 3.63) is 72.2 Å². The van der Waals surface area contributed by atoms with Crippen LogP contribution >= 0.6 is 0 Å². The summed E-state index contributed by atoms with van der Waals surface area (Å²) in [6.07, 6.45) is 1.35. The van der Waals surface area contributed by atoms with Crippen LogP contribution in [0.25, 0.3) is 11.3 Å². The number of anilines is 1. The topological polar surface area (TPSA) is 75.9 Å². The van der Waals surface area contributed by atoms with Gasteiger partial charge in [0.05, 0.1) is 25.4 Å². The highest BCUT2D eigenvalue weighted by molar-refractivity contribution is 5.83. The third kappa shape index (κ3) is 4.94. The lowest BCUT2D eigenvalue weighted by Crippen LogP contribution is -2.25. The van der Waals surface area contributed by atoms with Crippen molar-refractivity contribution in [1.29, 1.82) is 0 Å². The molecular weight excluding hydrogens is 349 g/mol. The third-order valence-electron chi connectivity index (χ3n) is 3.67. The molecule has 0 aliphatic rings. The van der Waals surface area contributed by atoms with Gasteiger partial charge >= 0.3 is 0 Å². The summed E-state index contributed by atoms with van der Waals surface area (Å²) in [5.41, 5.74) is 3.52. The summed E-state index contributed by atoms with van der Waals surface area (Å²) >= 11 is 0. The van der Waals surface area contributed by atoms with Crippen LogP contribution < -0.4 is 15.5 Å². The highest BCUT2D eigenvalue weighted by Crippen LogP contribution is 2.24. The first kappa shape index (κ1) is 18.2. The fraction of sp³-hybridized carbons (Fsp3) is 0.100. The van der Waals surface area contributed by atoms with E-state index in [0.717, 1.165) is 5.69 Å². The Kier molecular flexibility index (Phi) is 5.84.